The van der Waals surface area contributed by atoms with Crippen molar-refractivity contribution in [2.45, 2.75) is 101 Å². The van der Waals surface area contributed by atoms with Gasteiger partial charge in [0.2, 0.25) is 0 Å². The van der Waals surface area contributed by atoms with E-state index in [2.05, 4.69) is 25.3 Å². The van der Waals surface area contributed by atoms with E-state index in [1.165, 1.54) is 20.0 Å². The highest BCUT2D eigenvalue weighted by Crippen LogP contribution is 2.43. The summed E-state index contributed by atoms with van der Waals surface area (Å²) in [6.07, 6.45) is 0.491. The third kappa shape index (κ3) is 7.32. The number of carbonyl (C=O) groups is 1. The minimum Gasteiger partial charge on any atom is -0.467 e. The standard InChI is InChI=1S/C30H33ClF4N8O3.C7H12FN/c1-45-28-38-19-11-21(22-17(30(33,34)35)5-6-18(36)24(22)32)46-13-16(19)26(39-28)41-9-4-10-43-20(12-41)23(31)25(40-43)27(44)42-14-29(15-42)7-2-3-8-37-29;8-6-4-7-2-1-3-9(7)5-6/h5-6,21,37H,2-4,7-15,36H2,1H3;6-7H,1-5H2. The number of benzene rings is 1. The number of nitrogens with one attached hydrogen (secondary N) is 1. The fourth-order valence-corrected chi connectivity index (χ4v) is 9.32. The van der Waals surface area contributed by atoms with E-state index in [1.54, 1.807) is 9.58 Å². The third-order valence-electron chi connectivity index (χ3n) is 11.8. The van der Waals surface area contributed by atoms with Crippen molar-refractivity contribution in [3.63, 3.8) is 0 Å². The molecule has 0 aliphatic carbocycles. The number of nitrogens with two attached hydrogens (primary N) is 1. The normalized spacial score (nSPS) is 24.7. The Kier molecular flexibility index (Phi) is 10.3. The highest BCUT2D eigenvalue weighted by atomic mass is 35.5. The molecule has 1 aromatic carbocycles. The molecule has 3 aromatic rings. The number of aromatic nitrogens is 4. The average molecular weight is 794 g/mol. The van der Waals surface area contributed by atoms with Crippen molar-refractivity contribution in [2.75, 3.05) is 57.0 Å². The maximum Gasteiger partial charge on any atom is 0.416 e. The molecule has 4 fully saturated rings. The molecular weight excluding hydrogens is 749 g/mol. The van der Waals surface area contributed by atoms with Gasteiger partial charge in [-0.15, -0.1) is 0 Å². The van der Waals surface area contributed by atoms with Crippen LogP contribution < -0.4 is 20.7 Å². The second-order valence-corrected chi connectivity index (χ2v) is 15.8. The number of amides is 1. The van der Waals surface area contributed by atoms with E-state index < -0.39 is 41.1 Å². The minimum atomic E-state index is -4.82. The summed E-state index contributed by atoms with van der Waals surface area (Å²) >= 11 is 6.84. The zero-order valence-corrected chi connectivity index (χ0v) is 31.4. The number of hydrogen-bond acceptors (Lipinski definition) is 10. The number of aryl methyl sites for hydroxylation is 1. The van der Waals surface area contributed by atoms with Gasteiger partial charge in [-0.05, 0) is 63.7 Å². The molecule has 3 unspecified atom stereocenters. The first-order chi connectivity index (χ1) is 26.3. The minimum absolute atomic E-state index is 0.00115. The number of piperidine rings is 1. The van der Waals surface area contributed by atoms with Gasteiger partial charge in [0.05, 0.1) is 59.6 Å². The summed E-state index contributed by atoms with van der Waals surface area (Å²) in [5.74, 6) is -0.924. The summed E-state index contributed by atoms with van der Waals surface area (Å²) in [5.41, 5.74) is 5.18. The van der Waals surface area contributed by atoms with Gasteiger partial charge in [0, 0.05) is 56.3 Å². The highest BCUT2D eigenvalue weighted by Gasteiger charge is 2.47. The maximum atomic E-state index is 15.1. The Morgan fingerprint density at radius 3 is 2.67 bits per heavy atom. The summed E-state index contributed by atoms with van der Waals surface area (Å²) in [7, 11) is 1.39. The molecule has 18 heteroatoms. The van der Waals surface area contributed by atoms with Crippen LogP contribution in [0.3, 0.4) is 0 Å². The molecule has 1 spiro atoms. The average Bonchev–Trinajstić information content (AvgIpc) is 3.78. The van der Waals surface area contributed by atoms with Crippen LogP contribution in [0.15, 0.2) is 12.1 Å². The van der Waals surface area contributed by atoms with Crippen molar-refractivity contribution in [3.8, 4) is 6.01 Å². The molecule has 12 nitrogen and oxygen atoms in total. The number of methoxy groups -OCH3 is 1. The van der Waals surface area contributed by atoms with E-state index in [-0.39, 0.29) is 47.7 Å². The molecule has 3 N–H and O–H groups in total. The molecule has 55 heavy (non-hydrogen) atoms. The van der Waals surface area contributed by atoms with Crippen LogP contribution in [0.1, 0.15) is 89.6 Å². The smallest absolute Gasteiger partial charge is 0.416 e. The molecule has 8 heterocycles. The monoisotopic (exact) mass is 793 g/mol. The number of alkyl halides is 4. The van der Waals surface area contributed by atoms with Gasteiger partial charge < -0.3 is 30.3 Å². The van der Waals surface area contributed by atoms with E-state index in [9.17, 15) is 22.4 Å². The second-order valence-electron chi connectivity index (χ2n) is 15.4. The van der Waals surface area contributed by atoms with Crippen LogP contribution in [0.5, 0.6) is 6.01 Å². The Labute approximate surface area is 320 Å². The predicted octanol–water partition coefficient (Wildman–Crippen LogP) is 5.46. The van der Waals surface area contributed by atoms with Crippen molar-refractivity contribution in [1.29, 1.82) is 0 Å². The molecule has 6 aliphatic rings. The van der Waals surface area contributed by atoms with Crippen LogP contribution in [-0.2, 0) is 37.0 Å². The lowest BCUT2D eigenvalue weighted by atomic mass is 9.81. The number of halogens is 6. The van der Waals surface area contributed by atoms with E-state index in [1.807, 2.05) is 4.90 Å². The van der Waals surface area contributed by atoms with Crippen LogP contribution in [0.25, 0.3) is 0 Å². The molecule has 2 aromatic heterocycles. The molecular formula is C37H45ClF5N9O3. The van der Waals surface area contributed by atoms with Gasteiger partial charge in [0.1, 0.15) is 12.0 Å². The first kappa shape index (κ1) is 38.1. The van der Waals surface area contributed by atoms with Crippen molar-refractivity contribution in [1.82, 2.24) is 34.9 Å². The number of nitrogens with zero attached hydrogens (tertiary/aromatic N) is 7. The van der Waals surface area contributed by atoms with Crippen LogP contribution >= 0.6 is 11.6 Å². The third-order valence-corrected chi connectivity index (χ3v) is 12.2. The lowest BCUT2D eigenvalue weighted by Gasteiger charge is -2.52. The molecule has 0 bridgehead atoms. The first-order valence-electron chi connectivity index (χ1n) is 19.0. The number of fused-ring (bicyclic) bond motifs is 3. The summed E-state index contributed by atoms with van der Waals surface area (Å²) < 4.78 is 82.3. The molecule has 0 radical (unpaired) electrons. The number of hydrogen-bond donors (Lipinski definition) is 2. The molecule has 298 valence electrons. The van der Waals surface area contributed by atoms with Crippen molar-refractivity contribution < 1.29 is 36.2 Å². The molecule has 4 saturated heterocycles. The Balaban J connectivity index is 0.000000413. The van der Waals surface area contributed by atoms with E-state index in [0.717, 1.165) is 50.9 Å². The second kappa shape index (κ2) is 14.9. The number of likely N-dealkylation sites (tertiary alicyclic amines) is 1. The number of anilines is 2. The first-order valence-corrected chi connectivity index (χ1v) is 19.3. The van der Waals surface area contributed by atoms with Crippen LogP contribution in [0, 0.1) is 5.82 Å². The van der Waals surface area contributed by atoms with Gasteiger partial charge in [0.25, 0.3) is 5.91 Å². The van der Waals surface area contributed by atoms with Gasteiger partial charge in [-0.2, -0.15) is 28.2 Å². The Morgan fingerprint density at radius 2 is 1.95 bits per heavy atom. The molecule has 9 rings (SSSR count). The van der Waals surface area contributed by atoms with Crippen molar-refractivity contribution in [3.05, 3.63) is 56.7 Å². The van der Waals surface area contributed by atoms with E-state index in [0.29, 0.717) is 68.0 Å². The van der Waals surface area contributed by atoms with Gasteiger partial charge in [-0.3, -0.25) is 14.4 Å². The highest BCUT2D eigenvalue weighted by molar-refractivity contribution is 6.34. The number of nitrogen functional groups attached to an aromatic ring is 1. The SMILES string of the molecule is COc1nc2c(c(N3CCCn4nc(C(=O)N5CC6(CCCCN6)C5)c(Cl)c4C3)n1)COC(c1c(C(F)(F)F)ccc(N)c1F)C2.FC1CC2CCCN2C1. The van der Waals surface area contributed by atoms with E-state index >= 15 is 4.39 Å². The van der Waals surface area contributed by atoms with Gasteiger partial charge in [0.15, 0.2) is 11.5 Å². The van der Waals surface area contributed by atoms with Gasteiger partial charge >= 0.3 is 12.2 Å². The van der Waals surface area contributed by atoms with Crippen molar-refractivity contribution >= 4 is 29.0 Å². The summed E-state index contributed by atoms with van der Waals surface area (Å²) in [6, 6.07) is 2.26. The number of rotatable bonds is 4. The Morgan fingerprint density at radius 1 is 1.13 bits per heavy atom. The van der Waals surface area contributed by atoms with Crippen molar-refractivity contribution in [2.24, 2.45) is 0 Å². The van der Waals surface area contributed by atoms with Crippen LogP contribution in [0.4, 0.5) is 33.5 Å². The quantitative estimate of drug-likeness (QED) is 0.260. The molecule has 6 aliphatic heterocycles. The zero-order valence-electron chi connectivity index (χ0n) is 30.6. The fraction of sp³-hybridized carbons (Fsp3) is 0.622. The molecule has 0 saturated carbocycles. The van der Waals surface area contributed by atoms with Gasteiger partial charge in [-0.25, -0.2) is 8.78 Å². The number of carbonyl (C=O) groups excluding carboxylic acids is 1. The van der Waals surface area contributed by atoms with Gasteiger partial charge in [-0.1, -0.05) is 18.0 Å². The Hall–Kier alpha value is -3.80. The fourth-order valence-electron chi connectivity index (χ4n) is 9.04. The lowest BCUT2D eigenvalue weighted by Crippen LogP contribution is -2.71. The summed E-state index contributed by atoms with van der Waals surface area (Å²) in [6.45, 7) is 5.17. The molecule has 3 atom stereocenters. The topological polar surface area (TPSA) is 127 Å². The van der Waals surface area contributed by atoms with Crippen LogP contribution in [0.2, 0.25) is 5.02 Å². The lowest BCUT2D eigenvalue weighted by molar-refractivity contribution is -0.140. The zero-order chi connectivity index (χ0) is 38.6. The molecule has 1 amide bonds. The summed E-state index contributed by atoms with van der Waals surface area (Å²) in [4.78, 5) is 28.5. The predicted molar refractivity (Wildman–Crippen MR) is 193 cm³/mol. The van der Waals surface area contributed by atoms with E-state index in [4.69, 9.17) is 26.8 Å². The number of ether oxygens (including phenoxy) is 2. The summed E-state index contributed by atoms with van der Waals surface area (Å²) in [5, 5.41) is 8.44. The Bertz CT molecular complexity index is 1920. The maximum absolute atomic E-state index is 15.1. The van der Waals surface area contributed by atoms with Crippen LogP contribution in [-0.4, -0.2) is 99.6 Å². The largest absolute Gasteiger partial charge is 0.467 e.